The number of rotatable bonds is 6. The maximum atomic E-state index is 11.9. The largest absolute Gasteiger partial charge is 0.308 e. The number of hydrogen-bond acceptors (Lipinski definition) is 4. The van der Waals surface area contributed by atoms with E-state index < -0.39 is 0 Å². The average Bonchev–Trinajstić information content (AvgIpc) is 2.92. The Morgan fingerprint density at radius 1 is 1.38 bits per heavy atom. The molecule has 21 heavy (non-hydrogen) atoms. The molecule has 0 aromatic carbocycles. The molecule has 7 heteroatoms. The van der Waals surface area contributed by atoms with Crippen LogP contribution >= 0.6 is 0 Å². The molecular weight excluding hydrogens is 268 g/mol. The highest BCUT2D eigenvalue weighted by Crippen LogP contribution is 2.03. The maximum Gasteiger partial charge on any atom is 0.239 e. The molecule has 114 valence electrons. The lowest BCUT2D eigenvalue weighted by Gasteiger charge is -2.16. The molecule has 2 heterocycles. The quantitative estimate of drug-likeness (QED) is 0.854. The second-order valence-electron chi connectivity index (χ2n) is 5.31. The summed E-state index contributed by atoms with van der Waals surface area (Å²) in [6.45, 7) is 5.88. The molecule has 0 saturated heterocycles. The lowest BCUT2D eigenvalue weighted by Crippen LogP contribution is -2.32. The van der Waals surface area contributed by atoms with E-state index in [1.165, 1.54) is 0 Å². The molecule has 1 amide bonds. The monoisotopic (exact) mass is 290 g/mol. The number of nitrogens with one attached hydrogen (secondary N) is 1. The van der Waals surface area contributed by atoms with Crippen molar-refractivity contribution in [1.29, 1.82) is 0 Å². The lowest BCUT2D eigenvalue weighted by molar-refractivity contribution is -0.117. The molecule has 0 aliphatic heterocycles. The molecule has 0 atom stereocenters. The van der Waals surface area contributed by atoms with E-state index >= 15 is 0 Å². The van der Waals surface area contributed by atoms with Crippen molar-refractivity contribution >= 4 is 11.7 Å². The zero-order valence-electron chi connectivity index (χ0n) is 13.0. The van der Waals surface area contributed by atoms with Crippen LogP contribution < -0.4 is 5.32 Å². The number of aromatic nitrogens is 4. The second-order valence-corrected chi connectivity index (χ2v) is 5.31. The number of likely N-dealkylation sites (N-methyl/N-ethyl adjacent to an activating group) is 1. The van der Waals surface area contributed by atoms with E-state index in [0.717, 1.165) is 24.5 Å². The van der Waals surface area contributed by atoms with E-state index in [1.807, 2.05) is 43.6 Å². The molecule has 0 bridgehead atoms. The van der Waals surface area contributed by atoms with Gasteiger partial charge in [-0.3, -0.25) is 19.1 Å². The van der Waals surface area contributed by atoms with Crippen LogP contribution in [0.1, 0.15) is 11.4 Å². The topological polar surface area (TPSA) is 68.0 Å². The molecule has 0 unspecified atom stereocenters. The number of nitrogens with zero attached hydrogens (tertiary/aromatic N) is 5. The van der Waals surface area contributed by atoms with E-state index in [-0.39, 0.29) is 5.91 Å². The van der Waals surface area contributed by atoms with Gasteiger partial charge in [-0.1, -0.05) is 0 Å². The lowest BCUT2D eigenvalue weighted by atomic mass is 10.4. The fourth-order valence-corrected chi connectivity index (χ4v) is 2.16. The van der Waals surface area contributed by atoms with Crippen molar-refractivity contribution in [2.24, 2.45) is 7.05 Å². The van der Waals surface area contributed by atoms with Gasteiger partial charge in [0.1, 0.15) is 0 Å². The number of carbonyl (C=O) groups excluding carboxylic acids is 1. The molecule has 0 radical (unpaired) electrons. The third kappa shape index (κ3) is 4.42. The molecule has 1 N–H and O–H groups in total. The summed E-state index contributed by atoms with van der Waals surface area (Å²) in [6.07, 6.45) is 1.79. The van der Waals surface area contributed by atoms with Crippen LogP contribution in [0.25, 0.3) is 0 Å². The summed E-state index contributed by atoms with van der Waals surface area (Å²) in [4.78, 5) is 13.9. The molecule has 2 aromatic heterocycles. The molecular formula is C14H22N6O. The average molecular weight is 290 g/mol. The van der Waals surface area contributed by atoms with Crippen LogP contribution in [0.3, 0.4) is 0 Å². The summed E-state index contributed by atoms with van der Waals surface area (Å²) in [5.74, 6) is 0.513. The summed E-state index contributed by atoms with van der Waals surface area (Å²) in [5, 5.41) is 11.3. The van der Waals surface area contributed by atoms with Crippen molar-refractivity contribution in [3.63, 3.8) is 0 Å². The Kier molecular flexibility index (Phi) is 4.74. The van der Waals surface area contributed by atoms with Crippen molar-refractivity contribution in [1.82, 2.24) is 24.5 Å². The number of carbonyl (C=O) groups is 1. The molecule has 2 aromatic rings. The van der Waals surface area contributed by atoms with Crippen molar-refractivity contribution < 1.29 is 4.79 Å². The van der Waals surface area contributed by atoms with Crippen LogP contribution in [0.15, 0.2) is 18.3 Å². The van der Waals surface area contributed by atoms with Gasteiger partial charge in [-0.2, -0.15) is 10.2 Å². The van der Waals surface area contributed by atoms with Crippen LogP contribution in [-0.2, 0) is 18.4 Å². The van der Waals surface area contributed by atoms with Gasteiger partial charge in [0.2, 0.25) is 5.91 Å². The van der Waals surface area contributed by atoms with Crippen LogP contribution in [-0.4, -0.2) is 50.5 Å². The highest BCUT2D eigenvalue weighted by atomic mass is 16.2. The number of anilines is 1. The fourth-order valence-electron chi connectivity index (χ4n) is 2.16. The third-order valence-electron chi connectivity index (χ3n) is 3.19. The van der Waals surface area contributed by atoms with Gasteiger partial charge in [0.15, 0.2) is 5.82 Å². The SMILES string of the molecule is Cc1cc(C)n(CCN(C)CC(=O)Nc2ccn(C)n2)n1. The molecule has 2 rings (SSSR count). The van der Waals surface area contributed by atoms with Crippen LogP contribution in [0, 0.1) is 13.8 Å². The summed E-state index contributed by atoms with van der Waals surface area (Å²) < 4.78 is 3.62. The van der Waals surface area contributed by atoms with E-state index in [4.69, 9.17) is 0 Å². The molecule has 0 aliphatic carbocycles. The van der Waals surface area contributed by atoms with E-state index in [2.05, 4.69) is 15.5 Å². The van der Waals surface area contributed by atoms with E-state index in [9.17, 15) is 4.79 Å². The first kappa shape index (κ1) is 15.2. The van der Waals surface area contributed by atoms with E-state index in [0.29, 0.717) is 12.4 Å². The first-order chi connectivity index (χ1) is 9.94. The number of aryl methyl sites for hydroxylation is 3. The van der Waals surface area contributed by atoms with Crippen molar-refractivity contribution in [2.45, 2.75) is 20.4 Å². The zero-order chi connectivity index (χ0) is 15.4. The maximum absolute atomic E-state index is 11.9. The predicted octanol–water partition coefficient (Wildman–Crippen LogP) is 0.804. The number of hydrogen-bond donors (Lipinski definition) is 1. The first-order valence-electron chi connectivity index (χ1n) is 6.93. The molecule has 0 fully saturated rings. The summed E-state index contributed by atoms with van der Waals surface area (Å²) in [5.41, 5.74) is 2.15. The number of amides is 1. The molecule has 0 saturated carbocycles. The van der Waals surface area contributed by atoms with Crippen LogP contribution in [0.2, 0.25) is 0 Å². The highest BCUT2D eigenvalue weighted by Gasteiger charge is 2.09. The minimum atomic E-state index is -0.0652. The Morgan fingerprint density at radius 2 is 2.14 bits per heavy atom. The van der Waals surface area contributed by atoms with Crippen molar-refractivity contribution in [3.05, 3.63) is 29.7 Å². The standard InChI is InChI=1S/C14H22N6O/c1-11-9-12(2)20(16-11)8-7-18(3)10-14(21)15-13-5-6-19(4)17-13/h5-6,9H,7-8,10H2,1-4H3,(H,15,17,21). The van der Waals surface area contributed by atoms with E-state index in [1.54, 1.807) is 16.9 Å². The predicted molar refractivity (Wildman–Crippen MR) is 81.0 cm³/mol. The van der Waals surface area contributed by atoms with Gasteiger partial charge in [-0.05, 0) is 27.0 Å². The fraction of sp³-hybridized carbons (Fsp3) is 0.500. The molecule has 7 nitrogen and oxygen atoms in total. The smallest absolute Gasteiger partial charge is 0.239 e. The van der Waals surface area contributed by atoms with Gasteiger partial charge >= 0.3 is 0 Å². The summed E-state index contributed by atoms with van der Waals surface area (Å²) in [6, 6.07) is 3.82. The molecule has 0 aliphatic rings. The normalized spacial score (nSPS) is 11.1. The van der Waals surface area contributed by atoms with Gasteiger partial charge in [-0.25, -0.2) is 0 Å². The van der Waals surface area contributed by atoms with Gasteiger partial charge in [0.25, 0.3) is 0 Å². The van der Waals surface area contributed by atoms with Crippen LogP contribution in [0.4, 0.5) is 5.82 Å². The van der Waals surface area contributed by atoms with Crippen molar-refractivity contribution in [3.8, 4) is 0 Å². The van der Waals surface area contributed by atoms with Crippen molar-refractivity contribution in [2.75, 3.05) is 25.5 Å². The van der Waals surface area contributed by atoms with Gasteiger partial charge in [-0.15, -0.1) is 0 Å². The Labute approximate surface area is 124 Å². The third-order valence-corrected chi connectivity index (χ3v) is 3.19. The Hall–Kier alpha value is -2.15. The van der Waals surface area contributed by atoms with Gasteiger partial charge < -0.3 is 5.32 Å². The Balaban J connectivity index is 1.77. The zero-order valence-corrected chi connectivity index (χ0v) is 13.0. The minimum absolute atomic E-state index is 0.0652. The summed E-state index contributed by atoms with van der Waals surface area (Å²) in [7, 11) is 3.74. The first-order valence-corrected chi connectivity index (χ1v) is 6.93. The van der Waals surface area contributed by atoms with Gasteiger partial charge in [0.05, 0.1) is 18.8 Å². The Bertz CT molecular complexity index is 615. The summed E-state index contributed by atoms with van der Waals surface area (Å²) >= 11 is 0. The van der Waals surface area contributed by atoms with Crippen LogP contribution in [0.5, 0.6) is 0 Å². The minimum Gasteiger partial charge on any atom is -0.308 e. The highest BCUT2D eigenvalue weighted by molar-refractivity contribution is 5.91. The van der Waals surface area contributed by atoms with Gasteiger partial charge in [0, 0.05) is 31.5 Å². The molecule has 0 spiro atoms. The Morgan fingerprint density at radius 3 is 2.71 bits per heavy atom. The second kappa shape index (κ2) is 6.53.